The minimum atomic E-state index is -0.357. The first-order valence-corrected chi connectivity index (χ1v) is 6.58. The number of nitrogens with zero attached hydrogens (tertiary/aromatic N) is 2. The summed E-state index contributed by atoms with van der Waals surface area (Å²) in [5, 5.41) is 0.610. The number of carbonyl (C=O) groups is 1. The van der Waals surface area contributed by atoms with Crippen molar-refractivity contribution in [2.75, 3.05) is 0 Å². The molecule has 0 unspecified atom stereocenters. The van der Waals surface area contributed by atoms with Crippen molar-refractivity contribution in [1.29, 1.82) is 0 Å². The molecule has 0 saturated carbocycles. The number of rotatable bonds is 3. The maximum Gasteiger partial charge on any atom is 0.411 e. The molecular weight excluding hydrogens is 287 g/mol. The Balaban J connectivity index is 2.19. The summed E-state index contributed by atoms with van der Waals surface area (Å²) in [6.07, 6.45) is -0.634. The number of halogens is 2. The van der Waals surface area contributed by atoms with Crippen LogP contribution in [-0.2, 0) is 11.3 Å². The summed E-state index contributed by atoms with van der Waals surface area (Å²) in [7, 11) is 0. The molecule has 2 atom stereocenters. The Morgan fingerprint density at radius 3 is 2.53 bits per heavy atom. The highest BCUT2D eigenvalue weighted by Crippen LogP contribution is 2.26. The Morgan fingerprint density at radius 1 is 1.47 bits per heavy atom. The zero-order valence-electron chi connectivity index (χ0n) is 10.7. The predicted molar refractivity (Wildman–Crippen MR) is 74.3 cm³/mol. The van der Waals surface area contributed by atoms with Crippen molar-refractivity contribution in [1.82, 2.24) is 9.88 Å². The summed E-state index contributed by atoms with van der Waals surface area (Å²) < 4.78 is 5.29. The number of aromatic nitrogens is 1. The normalized spacial score (nSPS) is 22.5. The molecule has 0 radical (unpaired) electrons. The number of ether oxygens (including phenoxy) is 1. The van der Waals surface area contributed by atoms with Gasteiger partial charge in [-0.2, -0.15) is 0 Å². The first-order chi connectivity index (χ1) is 8.88. The molecule has 0 bridgehead atoms. The van der Waals surface area contributed by atoms with Gasteiger partial charge in [0.2, 0.25) is 0 Å². The van der Waals surface area contributed by atoms with Crippen LogP contribution in [-0.4, -0.2) is 28.1 Å². The number of cyclic esters (lactones) is 1. The minimum absolute atomic E-state index is 0.0734. The van der Waals surface area contributed by atoms with Gasteiger partial charge in [0.25, 0.3) is 0 Å². The lowest BCUT2D eigenvalue weighted by atomic mass is 10.1. The Kier molecular flexibility index (Phi) is 4.02. The van der Waals surface area contributed by atoms with Gasteiger partial charge in [-0.05, 0) is 37.1 Å². The van der Waals surface area contributed by atoms with Crippen LogP contribution in [0.3, 0.4) is 0 Å². The topological polar surface area (TPSA) is 42.4 Å². The van der Waals surface area contributed by atoms with Crippen molar-refractivity contribution in [2.24, 2.45) is 0 Å². The third-order valence-corrected chi connectivity index (χ3v) is 3.44. The molecule has 1 saturated heterocycles. The third kappa shape index (κ3) is 3.01. The summed E-state index contributed by atoms with van der Waals surface area (Å²) in [5.41, 5.74) is 1.64. The SMILES string of the molecule is C=C(C)[C@H]1OC(=O)N(Cc2cc(Cl)nc(Cl)c2)[C@@H]1C. The Labute approximate surface area is 122 Å². The highest BCUT2D eigenvalue weighted by molar-refractivity contribution is 6.32. The van der Waals surface area contributed by atoms with Gasteiger partial charge in [0, 0.05) is 6.54 Å². The third-order valence-electron chi connectivity index (χ3n) is 3.05. The summed E-state index contributed by atoms with van der Waals surface area (Å²) in [5.74, 6) is 0. The average Bonchev–Trinajstić information content (AvgIpc) is 2.56. The molecule has 1 amide bonds. The van der Waals surface area contributed by atoms with E-state index in [0.717, 1.165) is 11.1 Å². The molecule has 0 aliphatic carbocycles. The molecule has 2 heterocycles. The van der Waals surface area contributed by atoms with E-state index in [-0.39, 0.29) is 18.2 Å². The van der Waals surface area contributed by atoms with Crippen LogP contribution in [0, 0.1) is 0 Å². The van der Waals surface area contributed by atoms with Crippen LogP contribution in [0.5, 0.6) is 0 Å². The Bertz CT molecular complexity index is 513. The van der Waals surface area contributed by atoms with Crippen LogP contribution in [0.15, 0.2) is 24.3 Å². The molecule has 1 aliphatic rings. The second kappa shape index (κ2) is 5.39. The van der Waals surface area contributed by atoms with Crippen molar-refractivity contribution < 1.29 is 9.53 Å². The fourth-order valence-corrected chi connectivity index (χ4v) is 2.63. The molecule has 1 fully saturated rings. The molecule has 0 N–H and O–H groups in total. The molecule has 4 nitrogen and oxygen atoms in total. The van der Waals surface area contributed by atoms with E-state index in [2.05, 4.69) is 11.6 Å². The quantitative estimate of drug-likeness (QED) is 0.632. The molecule has 0 aromatic carbocycles. The van der Waals surface area contributed by atoms with E-state index in [1.165, 1.54) is 0 Å². The molecule has 2 rings (SSSR count). The first kappa shape index (κ1) is 14.2. The van der Waals surface area contributed by atoms with Gasteiger partial charge >= 0.3 is 6.09 Å². The lowest BCUT2D eigenvalue weighted by Gasteiger charge is -2.21. The zero-order chi connectivity index (χ0) is 14.2. The van der Waals surface area contributed by atoms with Crippen LogP contribution >= 0.6 is 23.2 Å². The maximum atomic E-state index is 11.9. The summed E-state index contributed by atoms with van der Waals surface area (Å²) in [4.78, 5) is 17.4. The second-order valence-corrected chi connectivity index (χ2v) is 5.41. The van der Waals surface area contributed by atoms with Gasteiger partial charge in [-0.3, -0.25) is 4.90 Å². The molecule has 6 heteroatoms. The molecule has 1 aromatic heterocycles. The van der Waals surface area contributed by atoms with E-state index < -0.39 is 0 Å². The van der Waals surface area contributed by atoms with Crippen LogP contribution in [0.1, 0.15) is 19.4 Å². The van der Waals surface area contributed by atoms with E-state index in [9.17, 15) is 4.79 Å². The van der Waals surface area contributed by atoms with Gasteiger partial charge in [0.15, 0.2) is 0 Å². The first-order valence-electron chi connectivity index (χ1n) is 5.83. The monoisotopic (exact) mass is 300 g/mol. The zero-order valence-corrected chi connectivity index (χ0v) is 12.2. The largest absolute Gasteiger partial charge is 0.439 e. The molecule has 0 spiro atoms. The fraction of sp³-hybridized carbons (Fsp3) is 0.385. The summed E-state index contributed by atoms with van der Waals surface area (Å²) in [6, 6.07) is 3.29. The highest BCUT2D eigenvalue weighted by atomic mass is 35.5. The number of hydrogen-bond donors (Lipinski definition) is 0. The van der Waals surface area contributed by atoms with E-state index >= 15 is 0 Å². The standard InChI is InChI=1S/C13H14Cl2N2O2/c1-7(2)12-8(3)17(13(18)19-12)6-9-4-10(14)16-11(15)5-9/h4-5,8,12H,1,6H2,2-3H3/t8-,12-/m1/s1. The van der Waals surface area contributed by atoms with Crippen molar-refractivity contribution >= 4 is 29.3 Å². The lowest BCUT2D eigenvalue weighted by molar-refractivity contribution is 0.141. The average molecular weight is 301 g/mol. The summed E-state index contributed by atoms with van der Waals surface area (Å²) >= 11 is 11.7. The molecule has 102 valence electrons. The van der Waals surface area contributed by atoms with Crippen molar-refractivity contribution in [3.05, 3.63) is 40.2 Å². The van der Waals surface area contributed by atoms with E-state index in [0.29, 0.717) is 16.9 Å². The highest BCUT2D eigenvalue weighted by Gasteiger charge is 2.38. The van der Waals surface area contributed by atoms with E-state index in [1.807, 2.05) is 13.8 Å². The molecule has 1 aliphatic heterocycles. The van der Waals surface area contributed by atoms with Gasteiger partial charge in [0.05, 0.1) is 6.04 Å². The molecule has 19 heavy (non-hydrogen) atoms. The van der Waals surface area contributed by atoms with Gasteiger partial charge < -0.3 is 4.74 Å². The van der Waals surface area contributed by atoms with Gasteiger partial charge in [-0.1, -0.05) is 29.8 Å². The number of pyridine rings is 1. The number of amides is 1. The van der Waals surface area contributed by atoms with Gasteiger partial charge in [0.1, 0.15) is 16.4 Å². The number of hydrogen-bond acceptors (Lipinski definition) is 3. The van der Waals surface area contributed by atoms with E-state index in [1.54, 1.807) is 17.0 Å². The smallest absolute Gasteiger partial charge is 0.411 e. The predicted octanol–water partition coefficient (Wildman–Crippen LogP) is 3.67. The van der Waals surface area contributed by atoms with Gasteiger partial charge in [-0.15, -0.1) is 0 Å². The van der Waals surface area contributed by atoms with Gasteiger partial charge in [-0.25, -0.2) is 9.78 Å². The van der Waals surface area contributed by atoms with Crippen molar-refractivity contribution in [2.45, 2.75) is 32.5 Å². The van der Waals surface area contributed by atoms with Crippen molar-refractivity contribution in [3.8, 4) is 0 Å². The van der Waals surface area contributed by atoms with Crippen molar-refractivity contribution in [3.63, 3.8) is 0 Å². The lowest BCUT2D eigenvalue weighted by Crippen LogP contribution is -2.33. The number of carbonyl (C=O) groups excluding carboxylic acids is 1. The van der Waals surface area contributed by atoms with Crippen LogP contribution < -0.4 is 0 Å². The van der Waals surface area contributed by atoms with E-state index in [4.69, 9.17) is 27.9 Å². The second-order valence-electron chi connectivity index (χ2n) is 4.64. The molecule has 1 aromatic rings. The van der Waals surface area contributed by atoms with Crippen LogP contribution in [0.2, 0.25) is 10.3 Å². The van der Waals surface area contributed by atoms with Crippen LogP contribution in [0.4, 0.5) is 4.79 Å². The fourth-order valence-electron chi connectivity index (χ4n) is 2.13. The van der Waals surface area contributed by atoms with Crippen LogP contribution in [0.25, 0.3) is 0 Å². The Morgan fingerprint density at radius 2 is 2.05 bits per heavy atom. The Hall–Kier alpha value is -1.26. The molecular formula is C13H14Cl2N2O2. The summed E-state index contributed by atoms with van der Waals surface area (Å²) in [6.45, 7) is 7.99. The minimum Gasteiger partial charge on any atom is -0.439 e. The maximum absolute atomic E-state index is 11.9.